The van der Waals surface area contributed by atoms with Crippen LogP contribution in [0.5, 0.6) is 5.75 Å². The van der Waals surface area contributed by atoms with E-state index in [1.54, 1.807) is 13.4 Å². The van der Waals surface area contributed by atoms with Crippen molar-refractivity contribution in [3.05, 3.63) is 48.4 Å². The first kappa shape index (κ1) is 20.7. The molecule has 5 rings (SSSR count). The van der Waals surface area contributed by atoms with E-state index in [4.69, 9.17) is 4.74 Å². The summed E-state index contributed by atoms with van der Waals surface area (Å²) in [6.45, 7) is 3.19. The number of anilines is 1. The molecule has 2 aliphatic rings. The molecule has 0 bridgehead atoms. The molecule has 6 nitrogen and oxygen atoms in total. The minimum Gasteiger partial charge on any atom is -0.497 e. The van der Waals surface area contributed by atoms with Gasteiger partial charge < -0.3 is 14.6 Å². The number of ether oxygens (including phenoxy) is 1. The van der Waals surface area contributed by atoms with Crippen LogP contribution in [0.25, 0.3) is 11.0 Å². The number of nitrogens with one attached hydrogen (secondary N) is 1. The van der Waals surface area contributed by atoms with Crippen molar-refractivity contribution in [2.24, 2.45) is 11.8 Å². The normalized spacial score (nSPS) is 23.9. The van der Waals surface area contributed by atoms with Crippen LogP contribution in [0.1, 0.15) is 11.6 Å². The average molecular weight is 422 g/mol. The molecule has 2 aromatic heterocycles. The molecule has 3 aromatic rings. The maximum absolute atomic E-state index is 5.31. The third-order valence-electron chi connectivity index (χ3n) is 5.98. The van der Waals surface area contributed by atoms with Crippen molar-refractivity contribution < 1.29 is 4.74 Å². The largest absolute Gasteiger partial charge is 0.497 e. The molecule has 2 fully saturated rings. The molecule has 2 aliphatic heterocycles. The van der Waals surface area contributed by atoms with Crippen molar-refractivity contribution in [3.63, 3.8) is 0 Å². The second-order valence-corrected chi connectivity index (χ2v) is 7.42. The van der Waals surface area contributed by atoms with Gasteiger partial charge in [0.1, 0.15) is 17.6 Å². The lowest BCUT2D eigenvalue weighted by atomic mass is 9.89. The maximum Gasteiger partial charge on any atom is 0.156 e. The zero-order chi connectivity index (χ0) is 17.7. The van der Waals surface area contributed by atoms with Gasteiger partial charge in [-0.1, -0.05) is 12.1 Å². The fourth-order valence-corrected chi connectivity index (χ4v) is 4.83. The highest BCUT2D eigenvalue weighted by Gasteiger charge is 2.46. The molecule has 1 N–H and O–H groups in total. The number of fused-ring (bicyclic) bond motifs is 2. The Labute approximate surface area is 177 Å². The molecule has 4 heterocycles. The number of hydrogen-bond donors (Lipinski definition) is 1. The molecule has 0 saturated carbocycles. The first-order chi connectivity index (χ1) is 12.7. The summed E-state index contributed by atoms with van der Waals surface area (Å²) in [6, 6.07) is 11.0. The summed E-state index contributed by atoms with van der Waals surface area (Å²) in [5.41, 5.74) is 3.40. The summed E-state index contributed by atoms with van der Waals surface area (Å²) in [7, 11) is 3.95. The number of benzene rings is 1. The van der Waals surface area contributed by atoms with Crippen molar-refractivity contribution in [3.8, 4) is 5.75 Å². The maximum atomic E-state index is 5.31. The van der Waals surface area contributed by atoms with E-state index >= 15 is 0 Å². The minimum atomic E-state index is 0. The number of methoxy groups -OCH3 is 1. The van der Waals surface area contributed by atoms with E-state index in [0.717, 1.165) is 42.2 Å². The Balaban J connectivity index is 0.00000112. The van der Waals surface area contributed by atoms with Crippen molar-refractivity contribution >= 4 is 41.7 Å². The van der Waals surface area contributed by atoms with E-state index in [1.165, 1.54) is 5.56 Å². The molecule has 0 unspecified atom stereocenters. The Morgan fingerprint density at radius 3 is 2.57 bits per heavy atom. The van der Waals surface area contributed by atoms with E-state index in [9.17, 15) is 0 Å². The molecular formula is C20H25Cl2N5O. The van der Waals surface area contributed by atoms with Gasteiger partial charge in [-0.05, 0) is 36.7 Å². The van der Waals surface area contributed by atoms with Gasteiger partial charge in [-0.25, -0.2) is 9.97 Å². The fourth-order valence-electron chi connectivity index (χ4n) is 4.83. The number of aromatic amines is 1. The third-order valence-corrected chi connectivity index (χ3v) is 5.98. The highest BCUT2D eigenvalue weighted by molar-refractivity contribution is 5.86. The molecule has 0 aliphatic carbocycles. The summed E-state index contributed by atoms with van der Waals surface area (Å²) >= 11 is 0. The molecule has 1 aromatic carbocycles. The van der Waals surface area contributed by atoms with Gasteiger partial charge >= 0.3 is 0 Å². The summed E-state index contributed by atoms with van der Waals surface area (Å²) in [6.07, 6.45) is 3.61. The van der Waals surface area contributed by atoms with Crippen LogP contribution in [0.15, 0.2) is 42.9 Å². The summed E-state index contributed by atoms with van der Waals surface area (Å²) < 4.78 is 5.31. The Hall–Kier alpha value is -2.02. The number of hydrogen-bond acceptors (Lipinski definition) is 5. The molecule has 3 atom stereocenters. The lowest BCUT2D eigenvalue weighted by Crippen LogP contribution is -2.29. The van der Waals surface area contributed by atoms with E-state index < -0.39 is 0 Å². The Morgan fingerprint density at radius 1 is 1.04 bits per heavy atom. The van der Waals surface area contributed by atoms with Crippen LogP contribution >= 0.6 is 24.8 Å². The predicted molar refractivity (Wildman–Crippen MR) is 116 cm³/mol. The van der Waals surface area contributed by atoms with Gasteiger partial charge in [-0.15, -0.1) is 24.8 Å². The van der Waals surface area contributed by atoms with Crippen LogP contribution in [0.4, 0.5) is 5.82 Å². The number of H-pyrrole nitrogens is 1. The number of halogens is 2. The van der Waals surface area contributed by atoms with Gasteiger partial charge in [0.05, 0.1) is 12.6 Å². The predicted octanol–water partition coefficient (Wildman–Crippen LogP) is 3.55. The SMILES string of the molecule is COc1ccc([C@H]2[C@@H]3CN(c4ncnc5cc[nH]c45)C[C@@H]3CN2C)cc1.Cl.Cl. The molecular weight excluding hydrogens is 397 g/mol. The lowest BCUT2D eigenvalue weighted by Gasteiger charge is -2.27. The Kier molecular flexibility index (Phi) is 6.03. The van der Waals surface area contributed by atoms with Crippen molar-refractivity contribution in [1.82, 2.24) is 19.9 Å². The summed E-state index contributed by atoms with van der Waals surface area (Å²) in [5.74, 6) is 3.21. The molecule has 0 spiro atoms. The number of rotatable bonds is 3. The quantitative estimate of drug-likeness (QED) is 0.700. The molecule has 0 radical (unpaired) electrons. The van der Waals surface area contributed by atoms with Crippen LogP contribution in [0, 0.1) is 11.8 Å². The van der Waals surface area contributed by atoms with E-state index in [0.29, 0.717) is 17.9 Å². The summed E-state index contributed by atoms with van der Waals surface area (Å²) in [5, 5.41) is 0. The molecule has 28 heavy (non-hydrogen) atoms. The highest BCUT2D eigenvalue weighted by Crippen LogP contribution is 2.45. The zero-order valence-electron chi connectivity index (χ0n) is 15.9. The van der Waals surface area contributed by atoms with Gasteiger partial charge in [-0.2, -0.15) is 0 Å². The van der Waals surface area contributed by atoms with Crippen LogP contribution in [-0.4, -0.2) is 53.6 Å². The van der Waals surface area contributed by atoms with Crippen molar-refractivity contribution in [2.45, 2.75) is 6.04 Å². The Morgan fingerprint density at radius 2 is 1.82 bits per heavy atom. The number of likely N-dealkylation sites (tertiary alicyclic amines) is 1. The standard InChI is InChI=1S/C20H23N5O.2ClH/c1-24-9-14-10-25(20-18-17(7-8-21-18)22-12-23-20)11-16(14)19(24)13-3-5-15(26-2)6-4-13;;/h3-8,12,14,16,19,21H,9-11H2,1-2H3;2*1H/t14-,16+,19-;;/m0../s1. The first-order valence-corrected chi connectivity index (χ1v) is 9.12. The third kappa shape index (κ3) is 3.30. The van der Waals surface area contributed by atoms with Crippen LogP contribution in [0.3, 0.4) is 0 Å². The van der Waals surface area contributed by atoms with Crippen LogP contribution in [-0.2, 0) is 0 Å². The zero-order valence-corrected chi connectivity index (χ0v) is 17.5. The van der Waals surface area contributed by atoms with Gasteiger partial charge in [-0.3, -0.25) is 4.90 Å². The van der Waals surface area contributed by atoms with Gasteiger partial charge in [0.2, 0.25) is 0 Å². The number of nitrogens with zero attached hydrogens (tertiary/aromatic N) is 4. The first-order valence-electron chi connectivity index (χ1n) is 9.12. The van der Waals surface area contributed by atoms with E-state index in [2.05, 4.69) is 56.1 Å². The van der Waals surface area contributed by atoms with Gasteiger partial charge in [0.15, 0.2) is 5.82 Å². The topological polar surface area (TPSA) is 57.3 Å². The van der Waals surface area contributed by atoms with E-state index in [1.807, 2.05) is 12.3 Å². The molecule has 0 amide bonds. The minimum absolute atomic E-state index is 0. The average Bonchev–Trinajstić information content (AvgIpc) is 3.35. The monoisotopic (exact) mass is 421 g/mol. The lowest BCUT2D eigenvalue weighted by molar-refractivity contribution is 0.279. The highest BCUT2D eigenvalue weighted by atomic mass is 35.5. The smallest absolute Gasteiger partial charge is 0.156 e. The molecule has 8 heteroatoms. The summed E-state index contributed by atoms with van der Waals surface area (Å²) in [4.78, 5) is 17.2. The van der Waals surface area contributed by atoms with Gasteiger partial charge in [0.25, 0.3) is 0 Å². The second-order valence-electron chi connectivity index (χ2n) is 7.42. The van der Waals surface area contributed by atoms with Gasteiger partial charge in [0, 0.05) is 37.8 Å². The van der Waals surface area contributed by atoms with Crippen LogP contribution in [0.2, 0.25) is 0 Å². The molecule has 2 saturated heterocycles. The van der Waals surface area contributed by atoms with Crippen molar-refractivity contribution in [1.29, 1.82) is 0 Å². The fraction of sp³-hybridized carbons (Fsp3) is 0.400. The number of aromatic nitrogens is 3. The van der Waals surface area contributed by atoms with Crippen molar-refractivity contribution in [2.75, 3.05) is 38.7 Å². The molecule has 150 valence electrons. The second kappa shape index (κ2) is 8.15. The Bertz CT molecular complexity index is 932. The van der Waals surface area contributed by atoms with Crippen LogP contribution < -0.4 is 9.64 Å². The van der Waals surface area contributed by atoms with E-state index in [-0.39, 0.29) is 24.8 Å².